The van der Waals surface area contributed by atoms with E-state index in [1.165, 1.54) is 12.1 Å². The summed E-state index contributed by atoms with van der Waals surface area (Å²) in [6.07, 6.45) is 1.60. The number of aryl methyl sites for hydroxylation is 1. The predicted molar refractivity (Wildman–Crippen MR) is 93.3 cm³/mol. The summed E-state index contributed by atoms with van der Waals surface area (Å²) in [6.45, 7) is 2.23. The minimum atomic E-state index is -4.41. The Hall–Kier alpha value is -3.21. The Morgan fingerprint density at radius 3 is 2.70 bits per heavy atom. The third kappa shape index (κ3) is 3.97. The summed E-state index contributed by atoms with van der Waals surface area (Å²) in [5.74, 6) is -1.20. The Labute approximate surface area is 154 Å². The number of aromatic nitrogens is 2. The van der Waals surface area contributed by atoms with Crippen LogP contribution in [0.5, 0.6) is 5.88 Å². The van der Waals surface area contributed by atoms with Gasteiger partial charge in [-0.25, -0.2) is 27.7 Å². The molecule has 142 valence electrons. The number of carbonyl (C=O) groups excluding carboxylic acids is 1. The van der Waals surface area contributed by atoms with E-state index in [2.05, 4.69) is 15.3 Å². The highest BCUT2D eigenvalue weighted by Gasteiger charge is 2.25. The molecule has 3 rings (SSSR count). The van der Waals surface area contributed by atoms with E-state index in [1.807, 2.05) is 0 Å². The molecule has 1 aromatic heterocycles. The lowest BCUT2D eigenvalue weighted by atomic mass is 10.1. The van der Waals surface area contributed by atoms with Crippen molar-refractivity contribution >= 4 is 28.0 Å². The number of urea groups is 1. The van der Waals surface area contributed by atoms with Crippen molar-refractivity contribution in [3.05, 3.63) is 41.1 Å². The second kappa shape index (κ2) is 7.19. The number of hydrogen-bond acceptors (Lipinski definition) is 7. The molecule has 0 aliphatic carbocycles. The van der Waals surface area contributed by atoms with Gasteiger partial charge in [0.25, 0.3) is 10.0 Å². The zero-order valence-corrected chi connectivity index (χ0v) is 15.0. The number of hydrogen-bond donors (Lipinski definition) is 3. The summed E-state index contributed by atoms with van der Waals surface area (Å²) in [5, 5.41) is 11.3. The number of carbonyl (C=O) groups is 2. The maximum Gasteiger partial charge on any atom is 0.337 e. The molecule has 0 saturated carbocycles. The fourth-order valence-corrected chi connectivity index (χ4v) is 3.74. The van der Waals surface area contributed by atoms with E-state index in [4.69, 9.17) is 9.84 Å². The molecule has 0 unspecified atom stereocenters. The van der Waals surface area contributed by atoms with Gasteiger partial charge in [0.2, 0.25) is 11.8 Å². The molecule has 0 spiro atoms. The van der Waals surface area contributed by atoms with Gasteiger partial charge in [-0.15, -0.1) is 0 Å². The second-order valence-corrected chi connectivity index (χ2v) is 7.38. The van der Waals surface area contributed by atoms with E-state index >= 15 is 0 Å². The SMILES string of the molecule is Cc1nc(NC(=O)NS(=O)(=O)c2ccccc2C(=O)O)nc2c1CCCO2. The monoisotopic (exact) mass is 392 g/mol. The molecule has 0 saturated heterocycles. The largest absolute Gasteiger partial charge is 0.478 e. The fourth-order valence-electron chi connectivity index (χ4n) is 2.63. The summed E-state index contributed by atoms with van der Waals surface area (Å²) < 4.78 is 31.9. The van der Waals surface area contributed by atoms with Gasteiger partial charge < -0.3 is 9.84 Å². The van der Waals surface area contributed by atoms with Crippen LogP contribution in [0.2, 0.25) is 0 Å². The first-order valence-corrected chi connectivity index (χ1v) is 9.42. The van der Waals surface area contributed by atoms with Crippen LogP contribution in [0, 0.1) is 6.92 Å². The Kier molecular flexibility index (Phi) is 4.95. The van der Waals surface area contributed by atoms with Crippen LogP contribution in [0.4, 0.5) is 10.7 Å². The molecule has 1 aromatic carbocycles. The molecule has 2 amide bonds. The molecule has 3 N–H and O–H groups in total. The molecule has 0 fully saturated rings. The van der Waals surface area contributed by atoms with Crippen LogP contribution in [-0.4, -0.2) is 42.1 Å². The van der Waals surface area contributed by atoms with Gasteiger partial charge in [0.05, 0.1) is 12.2 Å². The molecule has 0 radical (unpaired) electrons. The van der Waals surface area contributed by atoms with Crippen LogP contribution in [0.1, 0.15) is 28.0 Å². The van der Waals surface area contributed by atoms with E-state index in [0.717, 1.165) is 30.5 Å². The molecular weight excluding hydrogens is 376 g/mol. The topological polar surface area (TPSA) is 148 Å². The van der Waals surface area contributed by atoms with Gasteiger partial charge >= 0.3 is 12.0 Å². The third-order valence-corrected chi connectivity index (χ3v) is 5.23. The number of nitrogens with zero attached hydrogens (tertiary/aromatic N) is 2. The van der Waals surface area contributed by atoms with Crippen molar-refractivity contribution in [3.63, 3.8) is 0 Å². The van der Waals surface area contributed by atoms with Gasteiger partial charge in [0, 0.05) is 11.3 Å². The third-order valence-electron chi connectivity index (χ3n) is 3.85. The lowest BCUT2D eigenvalue weighted by Crippen LogP contribution is -2.35. The first-order chi connectivity index (χ1) is 12.8. The van der Waals surface area contributed by atoms with E-state index in [0.29, 0.717) is 18.2 Å². The number of rotatable bonds is 4. The number of sulfonamides is 1. The van der Waals surface area contributed by atoms with Crippen molar-refractivity contribution in [1.82, 2.24) is 14.7 Å². The van der Waals surface area contributed by atoms with Crippen molar-refractivity contribution in [1.29, 1.82) is 0 Å². The van der Waals surface area contributed by atoms with Gasteiger partial charge in [0.15, 0.2) is 0 Å². The highest BCUT2D eigenvalue weighted by atomic mass is 32.2. The average Bonchev–Trinajstić information content (AvgIpc) is 2.61. The molecule has 27 heavy (non-hydrogen) atoms. The summed E-state index contributed by atoms with van der Waals surface area (Å²) in [5.41, 5.74) is 1.01. The molecular formula is C16H16N4O6S. The zero-order valence-electron chi connectivity index (χ0n) is 14.2. The fraction of sp³-hybridized carbons (Fsp3) is 0.250. The van der Waals surface area contributed by atoms with Crippen molar-refractivity contribution < 1.29 is 27.9 Å². The smallest absolute Gasteiger partial charge is 0.337 e. The zero-order chi connectivity index (χ0) is 19.6. The minimum absolute atomic E-state index is 0.118. The number of carboxylic acids is 1. The maximum atomic E-state index is 12.4. The summed E-state index contributed by atoms with van der Waals surface area (Å²) >= 11 is 0. The first kappa shape index (κ1) is 18.6. The molecule has 0 bridgehead atoms. The molecule has 1 aliphatic rings. The quantitative estimate of drug-likeness (QED) is 0.705. The van der Waals surface area contributed by atoms with E-state index < -0.39 is 32.5 Å². The number of amides is 2. The van der Waals surface area contributed by atoms with Crippen molar-refractivity contribution in [2.24, 2.45) is 0 Å². The average molecular weight is 392 g/mol. The second-order valence-electron chi connectivity index (χ2n) is 5.73. The van der Waals surface area contributed by atoms with Crippen LogP contribution in [0.15, 0.2) is 29.2 Å². The number of carboxylic acid groups (broad SMARTS) is 1. The van der Waals surface area contributed by atoms with Crippen molar-refractivity contribution in [2.75, 3.05) is 11.9 Å². The van der Waals surface area contributed by atoms with Gasteiger partial charge in [-0.3, -0.25) is 5.32 Å². The molecule has 2 aromatic rings. The lowest BCUT2D eigenvalue weighted by molar-refractivity contribution is 0.0692. The normalized spacial score (nSPS) is 13.2. The Morgan fingerprint density at radius 1 is 1.22 bits per heavy atom. The Balaban J connectivity index is 1.80. The van der Waals surface area contributed by atoms with Crippen LogP contribution in [-0.2, 0) is 16.4 Å². The number of aromatic carboxylic acids is 1. The molecule has 10 nitrogen and oxygen atoms in total. The molecule has 1 aliphatic heterocycles. The minimum Gasteiger partial charge on any atom is -0.478 e. The molecule has 0 atom stereocenters. The number of fused-ring (bicyclic) bond motifs is 1. The highest BCUT2D eigenvalue weighted by molar-refractivity contribution is 7.90. The predicted octanol–water partition coefficient (Wildman–Crippen LogP) is 1.32. The maximum absolute atomic E-state index is 12.4. The summed E-state index contributed by atoms with van der Waals surface area (Å²) in [7, 11) is -4.41. The summed E-state index contributed by atoms with van der Waals surface area (Å²) in [6, 6.07) is 3.83. The lowest BCUT2D eigenvalue weighted by Gasteiger charge is -2.18. The number of anilines is 1. The van der Waals surface area contributed by atoms with Gasteiger partial charge in [-0.1, -0.05) is 12.1 Å². The van der Waals surface area contributed by atoms with Crippen LogP contribution in [0.25, 0.3) is 0 Å². The van der Waals surface area contributed by atoms with Crippen LogP contribution < -0.4 is 14.8 Å². The van der Waals surface area contributed by atoms with Crippen LogP contribution in [0.3, 0.4) is 0 Å². The number of ether oxygens (including phenoxy) is 1. The highest BCUT2D eigenvalue weighted by Crippen LogP contribution is 2.25. The van der Waals surface area contributed by atoms with Gasteiger partial charge in [-0.2, -0.15) is 4.98 Å². The van der Waals surface area contributed by atoms with Crippen molar-refractivity contribution in [3.8, 4) is 5.88 Å². The Morgan fingerprint density at radius 2 is 1.96 bits per heavy atom. The van der Waals surface area contributed by atoms with Gasteiger partial charge in [0.1, 0.15) is 4.90 Å². The van der Waals surface area contributed by atoms with E-state index in [-0.39, 0.29) is 5.95 Å². The summed E-state index contributed by atoms with van der Waals surface area (Å²) in [4.78, 5) is 30.9. The standard InChI is InChI=1S/C16H16N4O6S/c1-9-10-6-4-8-26-13(10)18-15(17-9)19-16(23)20-27(24,25)12-7-3-2-5-11(12)14(21)22/h2-3,5,7H,4,6,8H2,1H3,(H,21,22)(H2,17,18,19,20,23). The first-order valence-electron chi connectivity index (χ1n) is 7.94. The van der Waals surface area contributed by atoms with E-state index in [9.17, 15) is 18.0 Å². The molecule has 11 heteroatoms. The molecule has 2 heterocycles. The number of nitrogens with one attached hydrogen (secondary N) is 2. The number of benzene rings is 1. The van der Waals surface area contributed by atoms with E-state index in [1.54, 1.807) is 11.6 Å². The van der Waals surface area contributed by atoms with Crippen LogP contribution >= 0.6 is 0 Å². The Bertz CT molecular complexity index is 1020. The van der Waals surface area contributed by atoms with Gasteiger partial charge in [-0.05, 0) is 31.9 Å². The van der Waals surface area contributed by atoms with Crippen molar-refractivity contribution in [2.45, 2.75) is 24.7 Å².